The minimum atomic E-state index is -0.207. The molecule has 1 aromatic carbocycles. The number of rotatable bonds is 2. The number of hydrogen-bond donors (Lipinski definition) is 1. The SMILES string of the molecule is Cn1cc(C(=O)c2ccccc2N)nn1. The molecule has 0 spiro atoms. The number of carbonyl (C=O) groups is 1. The Morgan fingerprint density at radius 3 is 2.73 bits per heavy atom. The van der Waals surface area contributed by atoms with Crippen LogP contribution in [-0.4, -0.2) is 20.8 Å². The number of benzene rings is 1. The van der Waals surface area contributed by atoms with Gasteiger partial charge in [0.2, 0.25) is 5.78 Å². The van der Waals surface area contributed by atoms with E-state index in [4.69, 9.17) is 5.73 Å². The van der Waals surface area contributed by atoms with Crippen LogP contribution in [0.25, 0.3) is 0 Å². The number of nitrogens with two attached hydrogens (primary N) is 1. The van der Waals surface area contributed by atoms with Gasteiger partial charge in [-0.1, -0.05) is 17.3 Å². The summed E-state index contributed by atoms with van der Waals surface area (Å²) < 4.78 is 1.48. The Hall–Kier alpha value is -2.17. The molecule has 0 aliphatic rings. The van der Waals surface area contributed by atoms with Crippen LogP contribution in [-0.2, 0) is 7.05 Å². The molecular weight excluding hydrogens is 192 g/mol. The number of aryl methyl sites for hydroxylation is 1. The van der Waals surface area contributed by atoms with E-state index in [0.29, 0.717) is 16.9 Å². The lowest BCUT2D eigenvalue weighted by Crippen LogP contribution is -2.05. The Morgan fingerprint density at radius 2 is 2.13 bits per heavy atom. The molecular formula is C10H10N4O. The maximum atomic E-state index is 11.9. The zero-order valence-corrected chi connectivity index (χ0v) is 8.21. The van der Waals surface area contributed by atoms with Crippen LogP contribution in [0.3, 0.4) is 0 Å². The number of anilines is 1. The topological polar surface area (TPSA) is 73.8 Å². The molecule has 0 aliphatic carbocycles. The third kappa shape index (κ3) is 1.71. The van der Waals surface area contributed by atoms with Crippen molar-refractivity contribution in [1.29, 1.82) is 0 Å². The van der Waals surface area contributed by atoms with Crippen molar-refractivity contribution in [2.45, 2.75) is 0 Å². The molecule has 0 aliphatic heterocycles. The van der Waals surface area contributed by atoms with Gasteiger partial charge >= 0.3 is 0 Å². The predicted molar refractivity (Wildman–Crippen MR) is 55.3 cm³/mol. The zero-order valence-electron chi connectivity index (χ0n) is 8.21. The van der Waals surface area contributed by atoms with Crippen molar-refractivity contribution >= 4 is 11.5 Å². The Bertz CT molecular complexity index is 504. The van der Waals surface area contributed by atoms with E-state index in [1.807, 2.05) is 0 Å². The molecule has 0 saturated carbocycles. The van der Waals surface area contributed by atoms with Gasteiger partial charge in [0.15, 0.2) is 5.69 Å². The van der Waals surface area contributed by atoms with Gasteiger partial charge in [-0.05, 0) is 12.1 Å². The Kier molecular flexibility index (Phi) is 2.21. The number of hydrogen-bond acceptors (Lipinski definition) is 4. The fraction of sp³-hybridized carbons (Fsp3) is 0.100. The lowest BCUT2D eigenvalue weighted by molar-refractivity contribution is 0.103. The van der Waals surface area contributed by atoms with Crippen molar-refractivity contribution in [3.05, 3.63) is 41.7 Å². The molecule has 0 fully saturated rings. The minimum absolute atomic E-state index is 0.207. The highest BCUT2D eigenvalue weighted by atomic mass is 16.1. The summed E-state index contributed by atoms with van der Waals surface area (Å²) in [6.45, 7) is 0. The van der Waals surface area contributed by atoms with E-state index < -0.39 is 0 Å². The number of nitrogens with zero attached hydrogens (tertiary/aromatic N) is 3. The van der Waals surface area contributed by atoms with Crippen LogP contribution in [0.1, 0.15) is 16.1 Å². The molecule has 1 aromatic heterocycles. The molecule has 0 unspecified atom stereocenters. The van der Waals surface area contributed by atoms with Crippen molar-refractivity contribution in [3.63, 3.8) is 0 Å². The summed E-state index contributed by atoms with van der Waals surface area (Å²) in [5.41, 5.74) is 6.90. The first kappa shape index (κ1) is 9.39. The first-order chi connectivity index (χ1) is 7.18. The molecule has 76 valence electrons. The van der Waals surface area contributed by atoms with E-state index in [2.05, 4.69) is 10.3 Å². The standard InChI is InChI=1S/C10H10N4O/c1-14-6-9(12-13-14)10(15)7-4-2-3-5-8(7)11/h2-6H,11H2,1H3. The van der Waals surface area contributed by atoms with Crippen LogP contribution in [0.4, 0.5) is 5.69 Å². The van der Waals surface area contributed by atoms with Crippen LogP contribution in [0.5, 0.6) is 0 Å². The average Bonchev–Trinajstić information content (AvgIpc) is 2.65. The second kappa shape index (κ2) is 3.53. The molecule has 0 bridgehead atoms. The maximum Gasteiger partial charge on any atom is 0.216 e. The summed E-state index contributed by atoms with van der Waals surface area (Å²) in [5.74, 6) is -0.207. The van der Waals surface area contributed by atoms with E-state index in [0.717, 1.165) is 0 Å². The van der Waals surface area contributed by atoms with E-state index in [1.54, 1.807) is 37.5 Å². The quantitative estimate of drug-likeness (QED) is 0.572. The molecule has 2 N–H and O–H groups in total. The molecule has 2 aromatic rings. The highest BCUT2D eigenvalue weighted by Gasteiger charge is 2.14. The number of para-hydroxylation sites is 1. The smallest absolute Gasteiger partial charge is 0.216 e. The Balaban J connectivity index is 2.41. The second-order valence-electron chi connectivity index (χ2n) is 3.19. The summed E-state index contributed by atoms with van der Waals surface area (Å²) in [6, 6.07) is 6.90. The van der Waals surface area contributed by atoms with Gasteiger partial charge in [0.25, 0.3) is 0 Å². The van der Waals surface area contributed by atoms with Gasteiger partial charge < -0.3 is 5.73 Å². The lowest BCUT2D eigenvalue weighted by Gasteiger charge is -2.00. The number of carbonyl (C=O) groups excluding carboxylic acids is 1. The van der Waals surface area contributed by atoms with Gasteiger partial charge in [0.1, 0.15) is 0 Å². The molecule has 0 atom stereocenters. The Morgan fingerprint density at radius 1 is 1.40 bits per heavy atom. The van der Waals surface area contributed by atoms with Crippen molar-refractivity contribution in [1.82, 2.24) is 15.0 Å². The van der Waals surface area contributed by atoms with Crippen LogP contribution in [0.2, 0.25) is 0 Å². The van der Waals surface area contributed by atoms with E-state index in [-0.39, 0.29) is 5.78 Å². The first-order valence-corrected chi connectivity index (χ1v) is 4.44. The summed E-state index contributed by atoms with van der Waals surface area (Å²) in [5, 5.41) is 7.44. The fourth-order valence-corrected chi connectivity index (χ4v) is 1.29. The zero-order chi connectivity index (χ0) is 10.8. The Labute approximate surface area is 86.5 Å². The van der Waals surface area contributed by atoms with Crippen molar-refractivity contribution in [3.8, 4) is 0 Å². The van der Waals surface area contributed by atoms with Gasteiger partial charge in [-0.15, -0.1) is 5.10 Å². The summed E-state index contributed by atoms with van der Waals surface area (Å²) in [7, 11) is 1.71. The van der Waals surface area contributed by atoms with Gasteiger partial charge in [-0.25, -0.2) is 0 Å². The van der Waals surface area contributed by atoms with Crippen molar-refractivity contribution < 1.29 is 4.79 Å². The van der Waals surface area contributed by atoms with E-state index in [1.165, 1.54) is 4.68 Å². The first-order valence-electron chi connectivity index (χ1n) is 4.44. The molecule has 0 amide bonds. The highest BCUT2D eigenvalue weighted by molar-refractivity contribution is 6.10. The van der Waals surface area contributed by atoms with Crippen LogP contribution < -0.4 is 5.73 Å². The maximum absolute atomic E-state index is 11.9. The van der Waals surface area contributed by atoms with Crippen molar-refractivity contribution in [2.24, 2.45) is 7.05 Å². The largest absolute Gasteiger partial charge is 0.398 e. The minimum Gasteiger partial charge on any atom is -0.398 e. The summed E-state index contributed by atoms with van der Waals surface area (Å²) in [6.07, 6.45) is 1.56. The van der Waals surface area contributed by atoms with Crippen LogP contribution in [0.15, 0.2) is 30.5 Å². The third-order valence-corrected chi connectivity index (χ3v) is 2.04. The summed E-state index contributed by atoms with van der Waals surface area (Å²) >= 11 is 0. The molecule has 0 saturated heterocycles. The number of nitrogen functional groups attached to an aromatic ring is 1. The molecule has 5 heteroatoms. The predicted octanol–water partition coefficient (Wildman–Crippen LogP) is 0.628. The highest BCUT2D eigenvalue weighted by Crippen LogP contribution is 2.14. The van der Waals surface area contributed by atoms with Crippen molar-refractivity contribution in [2.75, 3.05) is 5.73 Å². The van der Waals surface area contributed by atoms with Gasteiger partial charge in [0, 0.05) is 18.3 Å². The average molecular weight is 202 g/mol. The lowest BCUT2D eigenvalue weighted by atomic mass is 10.1. The monoisotopic (exact) mass is 202 g/mol. The summed E-state index contributed by atoms with van der Waals surface area (Å²) in [4.78, 5) is 11.9. The molecule has 2 rings (SSSR count). The third-order valence-electron chi connectivity index (χ3n) is 2.04. The van der Waals surface area contributed by atoms with Gasteiger partial charge in [-0.3, -0.25) is 9.48 Å². The number of ketones is 1. The second-order valence-corrected chi connectivity index (χ2v) is 3.19. The van der Waals surface area contributed by atoms with E-state index in [9.17, 15) is 4.79 Å². The molecule has 5 nitrogen and oxygen atoms in total. The number of aromatic nitrogens is 3. The van der Waals surface area contributed by atoms with Gasteiger partial charge in [0.05, 0.1) is 6.20 Å². The van der Waals surface area contributed by atoms with Crippen LogP contribution in [0, 0.1) is 0 Å². The van der Waals surface area contributed by atoms with Crippen LogP contribution >= 0.6 is 0 Å². The fourth-order valence-electron chi connectivity index (χ4n) is 1.29. The molecule has 0 radical (unpaired) electrons. The molecule has 1 heterocycles. The molecule has 15 heavy (non-hydrogen) atoms. The normalized spacial score (nSPS) is 10.2. The van der Waals surface area contributed by atoms with E-state index >= 15 is 0 Å². The van der Waals surface area contributed by atoms with Gasteiger partial charge in [-0.2, -0.15) is 0 Å².